The third-order valence-electron chi connectivity index (χ3n) is 1.89. The van der Waals surface area contributed by atoms with Crippen molar-refractivity contribution in [2.75, 3.05) is 0 Å². The van der Waals surface area contributed by atoms with Gasteiger partial charge in [0.2, 0.25) is 0 Å². The van der Waals surface area contributed by atoms with E-state index >= 15 is 0 Å². The molecule has 66 valence electrons. The first-order valence-corrected chi connectivity index (χ1v) is 4.35. The van der Waals surface area contributed by atoms with Crippen molar-refractivity contribution < 1.29 is 0 Å². The van der Waals surface area contributed by atoms with Gasteiger partial charge in [0.05, 0.1) is 5.69 Å². The lowest BCUT2D eigenvalue weighted by Crippen LogP contribution is -1.77. The van der Waals surface area contributed by atoms with Gasteiger partial charge in [-0.05, 0) is 38.1 Å². The Morgan fingerprint density at radius 3 is 2.85 bits per heavy atom. The van der Waals surface area contributed by atoms with E-state index < -0.39 is 0 Å². The number of nitrogens with zero attached hydrogens (tertiary/aromatic N) is 1. The second kappa shape index (κ2) is 3.05. The van der Waals surface area contributed by atoms with E-state index in [4.69, 9.17) is 0 Å². The summed E-state index contributed by atoms with van der Waals surface area (Å²) in [6.07, 6.45) is 1.94. The molecule has 0 aliphatic heterocycles. The predicted molar refractivity (Wildman–Crippen MR) is 56.7 cm³/mol. The maximum atomic E-state index is 4.39. The molecule has 0 aliphatic carbocycles. The van der Waals surface area contributed by atoms with Gasteiger partial charge >= 0.3 is 0 Å². The second-order valence-corrected chi connectivity index (χ2v) is 3.31. The van der Waals surface area contributed by atoms with Gasteiger partial charge in [-0.1, -0.05) is 0 Å². The first kappa shape index (κ1) is 8.05. The van der Waals surface area contributed by atoms with Crippen LogP contribution in [0.25, 0.3) is 10.9 Å². The monoisotopic (exact) mass is 172 g/mol. The highest BCUT2D eigenvalue weighted by Gasteiger charge is 1.94. The van der Waals surface area contributed by atoms with Crippen molar-refractivity contribution in [3.63, 3.8) is 0 Å². The van der Waals surface area contributed by atoms with Gasteiger partial charge in [-0.15, -0.1) is 0 Å². The largest absolute Gasteiger partial charge is 0.361 e. The maximum Gasteiger partial charge on any atom is 0.0636 e. The number of rotatable bonds is 1. The Balaban J connectivity index is 2.54. The summed E-state index contributed by atoms with van der Waals surface area (Å²) in [6, 6.07) is 8.21. The SMILES string of the molecule is CC(C)=Nc1ccc2[nH]ccc2c1. The van der Waals surface area contributed by atoms with Crippen LogP contribution >= 0.6 is 0 Å². The lowest BCUT2D eigenvalue weighted by Gasteiger charge is -1.95. The van der Waals surface area contributed by atoms with Gasteiger partial charge in [-0.3, -0.25) is 4.99 Å². The standard InChI is InChI=1S/C11H12N2/c1-8(2)13-10-3-4-11-9(7-10)5-6-12-11/h3-7,12H,1-2H3. The van der Waals surface area contributed by atoms with Crippen molar-refractivity contribution in [1.82, 2.24) is 4.98 Å². The van der Waals surface area contributed by atoms with Gasteiger partial charge in [0.25, 0.3) is 0 Å². The molecule has 13 heavy (non-hydrogen) atoms. The lowest BCUT2D eigenvalue weighted by molar-refractivity contribution is 1.46. The summed E-state index contributed by atoms with van der Waals surface area (Å²) in [7, 11) is 0. The molecule has 2 heteroatoms. The summed E-state index contributed by atoms with van der Waals surface area (Å²) in [6.45, 7) is 4.00. The Hall–Kier alpha value is -1.57. The third kappa shape index (κ3) is 1.61. The molecule has 0 amide bonds. The minimum atomic E-state index is 1.02. The molecule has 1 aromatic carbocycles. The molecule has 0 aliphatic rings. The summed E-state index contributed by atoms with van der Waals surface area (Å²) >= 11 is 0. The minimum Gasteiger partial charge on any atom is -0.361 e. The van der Waals surface area contributed by atoms with Crippen LogP contribution in [0.15, 0.2) is 35.5 Å². The van der Waals surface area contributed by atoms with Gasteiger partial charge in [-0.25, -0.2) is 0 Å². The minimum absolute atomic E-state index is 1.02. The number of nitrogens with one attached hydrogen (secondary N) is 1. The van der Waals surface area contributed by atoms with Gasteiger partial charge in [-0.2, -0.15) is 0 Å². The van der Waals surface area contributed by atoms with Gasteiger partial charge in [0.15, 0.2) is 0 Å². The molecule has 0 spiro atoms. The van der Waals surface area contributed by atoms with Crippen LogP contribution in [-0.2, 0) is 0 Å². The fourth-order valence-corrected chi connectivity index (χ4v) is 1.37. The van der Waals surface area contributed by atoms with Gasteiger partial charge < -0.3 is 4.98 Å². The van der Waals surface area contributed by atoms with Crippen LogP contribution in [-0.4, -0.2) is 10.7 Å². The van der Waals surface area contributed by atoms with Crippen molar-refractivity contribution in [3.05, 3.63) is 30.5 Å². The molecule has 0 saturated carbocycles. The predicted octanol–water partition coefficient (Wildman–Crippen LogP) is 3.28. The Bertz CT molecular complexity index is 448. The van der Waals surface area contributed by atoms with E-state index in [-0.39, 0.29) is 0 Å². The number of hydrogen-bond donors (Lipinski definition) is 1. The van der Waals surface area contributed by atoms with E-state index in [0.29, 0.717) is 0 Å². The Morgan fingerprint density at radius 1 is 1.23 bits per heavy atom. The smallest absolute Gasteiger partial charge is 0.0636 e. The molecule has 0 saturated heterocycles. The fraction of sp³-hybridized carbons (Fsp3) is 0.182. The van der Waals surface area contributed by atoms with Crippen molar-refractivity contribution in [2.45, 2.75) is 13.8 Å². The summed E-state index contributed by atoms with van der Waals surface area (Å²) in [4.78, 5) is 7.54. The third-order valence-corrected chi connectivity index (χ3v) is 1.89. The zero-order valence-electron chi connectivity index (χ0n) is 7.83. The van der Waals surface area contributed by atoms with Gasteiger partial charge in [0.1, 0.15) is 0 Å². The molecule has 0 bridgehead atoms. The van der Waals surface area contributed by atoms with Crippen LogP contribution < -0.4 is 0 Å². The molecule has 2 rings (SSSR count). The Morgan fingerprint density at radius 2 is 2.08 bits per heavy atom. The normalized spacial score (nSPS) is 10.3. The Kier molecular flexibility index (Phi) is 1.89. The molecule has 1 heterocycles. The first-order chi connectivity index (χ1) is 6.25. The van der Waals surface area contributed by atoms with Crippen LogP contribution in [0.5, 0.6) is 0 Å². The number of fused-ring (bicyclic) bond motifs is 1. The number of aromatic nitrogens is 1. The van der Waals surface area contributed by atoms with E-state index in [0.717, 1.165) is 16.9 Å². The summed E-state index contributed by atoms with van der Waals surface area (Å²) in [5.41, 5.74) is 3.26. The molecular formula is C11H12N2. The lowest BCUT2D eigenvalue weighted by atomic mass is 10.2. The highest BCUT2D eigenvalue weighted by atomic mass is 14.7. The molecule has 0 fully saturated rings. The van der Waals surface area contributed by atoms with E-state index in [2.05, 4.69) is 28.2 Å². The molecule has 1 aromatic heterocycles. The van der Waals surface area contributed by atoms with Crippen molar-refractivity contribution in [1.29, 1.82) is 0 Å². The zero-order valence-corrected chi connectivity index (χ0v) is 7.83. The molecule has 2 nitrogen and oxygen atoms in total. The number of benzene rings is 1. The van der Waals surface area contributed by atoms with E-state index in [1.54, 1.807) is 0 Å². The highest BCUT2D eigenvalue weighted by Crippen LogP contribution is 2.20. The van der Waals surface area contributed by atoms with Crippen molar-refractivity contribution >= 4 is 22.3 Å². The van der Waals surface area contributed by atoms with E-state index in [1.807, 2.05) is 26.1 Å². The summed E-state index contributed by atoms with van der Waals surface area (Å²) < 4.78 is 0. The molecular weight excluding hydrogens is 160 g/mol. The number of H-pyrrole nitrogens is 1. The highest BCUT2D eigenvalue weighted by molar-refractivity contribution is 5.86. The van der Waals surface area contributed by atoms with Crippen LogP contribution in [0.4, 0.5) is 5.69 Å². The first-order valence-electron chi connectivity index (χ1n) is 4.35. The fourth-order valence-electron chi connectivity index (χ4n) is 1.37. The van der Waals surface area contributed by atoms with Crippen LogP contribution in [0.2, 0.25) is 0 Å². The van der Waals surface area contributed by atoms with Gasteiger partial charge in [0, 0.05) is 22.8 Å². The number of aromatic amines is 1. The average Bonchev–Trinajstić information content (AvgIpc) is 2.49. The summed E-state index contributed by atoms with van der Waals surface area (Å²) in [5.74, 6) is 0. The average molecular weight is 172 g/mol. The molecule has 2 aromatic rings. The van der Waals surface area contributed by atoms with Crippen molar-refractivity contribution in [3.8, 4) is 0 Å². The number of aliphatic imine (C=N–C) groups is 1. The molecule has 1 N–H and O–H groups in total. The molecule has 0 unspecified atom stereocenters. The van der Waals surface area contributed by atoms with E-state index in [9.17, 15) is 0 Å². The molecule has 0 radical (unpaired) electrons. The van der Waals surface area contributed by atoms with E-state index in [1.165, 1.54) is 5.39 Å². The van der Waals surface area contributed by atoms with Crippen LogP contribution in [0.1, 0.15) is 13.8 Å². The Labute approximate surface area is 77.3 Å². The maximum absolute atomic E-state index is 4.39. The quantitative estimate of drug-likeness (QED) is 0.639. The summed E-state index contributed by atoms with van der Waals surface area (Å²) in [5, 5.41) is 1.21. The topological polar surface area (TPSA) is 28.1 Å². The number of hydrogen-bond acceptors (Lipinski definition) is 1. The molecule has 0 atom stereocenters. The second-order valence-electron chi connectivity index (χ2n) is 3.31. The van der Waals surface area contributed by atoms with Crippen molar-refractivity contribution in [2.24, 2.45) is 4.99 Å². The zero-order chi connectivity index (χ0) is 9.26. The van der Waals surface area contributed by atoms with Crippen LogP contribution in [0, 0.1) is 0 Å². The van der Waals surface area contributed by atoms with Crippen LogP contribution in [0.3, 0.4) is 0 Å².